The zero-order chi connectivity index (χ0) is 11.3. The van der Waals surface area contributed by atoms with Crippen LogP contribution in [0.1, 0.15) is 12.0 Å². The van der Waals surface area contributed by atoms with Gasteiger partial charge in [0.25, 0.3) is 0 Å². The lowest BCUT2D eigenvalue weighted by Gasteiger charge is -2.11. The minimum atomic E-state index is -2.86. The van der Waals surface area contributed by atoms with E-state index in [-0.39, 0.29) is 10.8 Å². The molecular formula is C10H10Cl2F2O. The van der Waals surface area contributed by atoms with E-state index >= 15 is 0 Å². The third-order valence-electron chi connectivity index (χ3n) is 1.84. The fraction of sp³-hybridized carbons (Fsp3) is 0.400. The zero-order valence-corrected chi connectivity index (χ0v) is 9.36. The molecule has 0 unspecified atom stereocenters. The minimum absolute atomic E-state index is 0.0549. The van der Waals surface area contributed by atoms with Gasteiger partial charge in [0.05, 0.1) is 5.02 Å². The van der Waals surface area contributed by atoms with Gasteiger partial charge in [0.2, 0.25) is 0 Å². The maximum absolute atomic E-state index is 12.1. The first kappa shape index (κ1) is 12.5. The van der Waals surface area contributed by atoms with Gasteiger partial charge in [0.1, 0.15) is 5.75 Å². The van der Waals surface area contributed by atoms with Crippen molar-refractivity contribution in [3.05, 3.63) is 28.8 Å². The molecule has 0 fully saturated rings. The van der Waals surface area contributed by atoms with Crippen molar-refractivity contribution in [3.8, 4) is 5.75 Å². The largest absolute Gasteiger partial charge is 0.433 e. The molecule has 1 rings (SSSR count). The summed E-state index contributed by atoms with van der Waals surface area (Å²) in [5.74, 6) is 0.528. The van der Waals surface area contributed by atoms with Crippen LogP contribution in [-0.2, 0) is 6.42 Å². The molecule has 1 aromatic carbocycles. The molecule has 0 aliphatic carbocycles. The van der Waals surface area contributed by atoms with E-state index < -0.39 is 6.61 Å². The first-order chi connectivity index (χ1) is 7.15. The molecule has 0 N–H and O–H groups in total. The number of ether oxygens (including phenoxy) is 1. The summed E-state index contributed by atoms with van der Waals surface area (Å²) in [6, 6.07) is 4.92. The minimum Gasteiger partial charge on any atom is -0.433 e. The van der Waals surface area contributed by atoms with Crippen LogP contribution < -0.4 is 4.74 Å². The molecule has 0 aliphatic rings. The fourth-order valence-corrected chi connectivity index (χ4v) is 1.60. The first-order valence-corrected chi connectivity index (χ1v) is 5.34. The monoisotopic (exact) mass is 254 g/mol. The highest BCUT2D eigenvalue weighted by Crippen LogP contribution is 2.30. The van der Waals surface area contributed by atoms with Crippen molar-refractivity contribution in [1.29, 1.82) is 0 Å². The van der Waals surface area contributed by atoms with Crippen LogP contribution in [0.4, 0.5) is 8.78 Å². The number of alkyl halides is 3. The molecule has 84 valence electrons. The van der Waals surface area contributed by atoms with E-state index in [2.05, 4.69) is 4.74 Å². The summed E-state index contributed by atoms with van der Waals surface area (Å²) in [6.45, 7) is -2.86. The molecule has 1 nitrogen and oxygen atoms in total. The first-order valence-electron chi connectivity index (χ1n) is 4.43. The van der Waals surface area contributed by atoms with Gasteiger partial charge in [0.15, 0.2) is 0 Å². The summed E-state index contributed by atoms with van der Waals surface area (Å²) in [5, 5.41) is 0.197. The average Bonchev–Trinajstić information content (AvgIpc) is 2.18. The molecule has 1 aromatic rings. The van der Waals surface area contributed by atoms with Gasteiger partial charge in [0, 0.05) is 5.88 Å². The van der Waals surface area contributed by atoms with E-state index in [1.807, 2.05) is 0 Å². The van der Waals surface area contributed by atoms with Crippen molar-refractivity contribution in [2.45, 2.75) is 19.5 Å². The molecule has 0 amide bonds. The van der Waals surface area contributed by atoms with Gasteiger partial charge in [-0.3, -0.25) is 0 Å². The van der Waals surface area contributed by atoms with E-state index in [1.165, 1.54) is 6.07 Å². The standard InChI is InChI=1S/C10H10Cl2F2O/c11-6-2-4-7-3-1-5-8(12)9(7)15-10(13)14/h1,3,5,10H,2,4,6H2. The van der Waals surface area contributed by atoms with Crippen molar-refractivity contribution >= 4 is 23.2 Å². The summed E-state index contributed by atoms with van der Waals surface area (Å²) in [6.07, 6.45) is 1.27. The van der Waals surface area contributed by atoms with E-state index in [4.69, 9.17) is 23.2 Å². The molecule has 0 saturated heterocycles. The molecule has 0 saturated carbocycles. The zero-order valence-electron chi connectivity index (χ0n) is 7.85. The molecule has 5 heteroatoms. The Hall–Kier alpha value is -0.540. The second-order valence-electron chi connectivity index (χ2n) is 2.90. The molecule has 0 radical (unpaired) electrons. The van der Waals surface area contributed by atoms with Crippen LogP contribution >= 0.6 is 23.2 Å². The van der Waals surface area contributed by atoms with Crippen molar-refractivity contribution < 1.29 is 13.5 Å². The lowest BCUT2D eigenvalue weighted by Crippen LogP contribution is -2.05. The molecule has 0 aromatic heterocycles. The maximum atomic E-state index is 12.1. The smallest absolute Gasteiger partial charge is 0.387 e. The molecule has 0 bridgehead atoms. The van der Waals surface area contributed by atoms with Gasteiger partial charge in [-0.1, -0.05) is 23.7 Å². The van der Waals surface area contributed by atoms with Gasteiger partial charge in [-0.15, -0.1) is 11.6 Å². The Bertz CT molecular complexity index is 318. The Labute approximate surface area is 96.9 Å². The van der Waals surface area contributed by atoms with Gasteiger partial charge in [-0.05, 0) is 24.5 Å². The van der Waals surface area contributed by atoms with Gasteiger partial charge >= 0.3 is 6.61 Å². The third kappa shape index (κ3) is 3.84. The highest BCUT2D eigenvalue weighted by atomic mass is 35.5. The number of aryl methyl sites for hydroxylation is 1. The number of hydrogen-bond acceptors (Lipinski definition) is 1. The highest BCUT2D eigenvalue weighted by Gasteiger charge is 2.12. The lowest BCUT2D eigenvalue weighted by molar-refractivity contribution is -0.0503. The van der Waals surface area contributed by atoms with Crippen LogP contribution in [0.2, 0.25) is 5.02 Å². The van der Waals surface area contributed by atoms with Crippen LogP contribution in [0.25, 0.3) is 0 Å². The lowest BCUT2D eigenvalue weighted by atomic mass is 10.1. The highest BCUT2D eigenvalue weighted by molar-refractivity contribution is 6.32. The normalized spacial score (nSPS) is 10.7. The van der Waals surface area contributed by atoms with Crippen molar-refractivity contribution in [3.63, 3.8) is 0 Å². The van der Waals surface area contributed by atoms with Crippen LogP contribution in [0.15, 0.2) is 18.2 Å². The fourth-order valence-electron chi connectivity index (χ4n) is 1.23. The molecule has 0 heterocycles. The quantitative estimate of drug-likeness (QED) is 0.719. The summed E-state index contributed by atoms with van der Waals surface area (Å²) < 4.78 is 28.6. The Morgan fingerprint density at radius 3 is 2.67 bits per heavy atom. The van der Waals surface area contributed by atoms with Gasteiger partial charge in [-0.25, -0.2) is 0 Å². The Morgan fingerprint density at radius 2 is 2.07 bits per heavy atom. The third-order valence-corrected chi connectivity index (χ3v) is 2.40. The topological polar surface area (TPSA) is 9.23 Å². The molecule has 0 spiro atoms. The van der Waals surface area contributed by atoms with E-state index in [1.54, 1.807) is 12.1 Å². The second-order valence-corrected chi connectivity index (χ2v) is 3.68. The summed E-state index contributed by atoms with van der Waals surface area (Å²) in [7, 11) is 0. The number of para-hydroxylation sites is 1. The Morgan fingerprint density at radius 1 is 1.33 bits per heavy atom. The van der Waals surface area contributed by atoms with Crippen LogP contribution in [0, 0.1) is 0 Å². The van der Waals surface area contributed by atoms with E-state index in [9.17, 15) is 8.78 Å². The Balaban J connectivity index is 2.87. The molecule has 15 heavy (non-hydrogen) atoms. The average molecular weight is 255 g/mol. The number of halogens is 4. The summed E-state index contributed by atoms with van der Waals surface area (Å²) in [4.78, 5) is 0. The van der Waals surface area contributed by atoms with Gasteiger partial charge < -0.3 is 4.74 Å². The van der Waals surface area contributed by atoms with Crippen molar-refractivity contribution in [2.24, 2.45) is 0 Å². The maximum Gasteiger partial charge on any atom is 0.387 e. The van der Waals surface area contributed by atoms with Crippen LogP contribution in [-0.4, -0.2) is 12.5 Å². The van der Waals surface area contributed by atoms with Crippen molar-refractivity contribution in [1.82, 2.24) is 0 Å². The predicted octanol–water partition coefficient (Wildman–Crippen LogP) is 4.11. The van der Waals surface area contributed by atoms with E-state index in [0.717, 1.165) is 0 Å². The number of hydrogen-bond donors (Lipinski definition) is 0. The molecule has 0 atom stereocenters. The number of benzene rings is 1. The predicted molar refractivity (Wildman–Crippen MR) is 57.1 cm³/mol. The number of rotatable bonds is 5. The van der Waals surface area contributed by atoms with Crippen LogP contribution in [0.3, 0.4) is 0 Å². The molecule has 0 aliphatic heterocycles. The second kappa shape index (κ2) is 6.13. The SMILES string of the molecule is FC(F)Oc1c(Cl)cccc1CCCCl. The van der Waals surface area contributed by atoms with E-state index in [0.29, 0.717) is 24.3 Å². The van der Waals surface area contributed by atoms with Crippen molar-refractivity contribution in [2.75, 3.05) is 5.88 Å². The summed E-state index contributed by atoms with van der Waals surface area (Å²) >= 11 is 11.3. The summed E-state index contributed by atoms with van der Waals surface area (Å²) in [5.41, 5.74) is 0.656. The molecular weight excluding hydrogens is 245 g/mol. The Kier molecular flexibility index (Phi) is 5.12. The van der Waals surface area contributed by atoms with Gasteiger partial charge in [-0.2, -0.15) is 8.78 Å². The van der Waals surface area contributed by atoms with Crippen LogP contribution in [0.5, 0.6) is 5.75 Å².